The zero-order chi connectivity index (χ0) is 20.1. The predicted molar refractivity (Wildman–Crippen MR) is 113 cm³/mol. The smallest absolute Gasteiger partial charge is 0.243 e. The molecule has 2 N–H and O–H groups in total. The number of aromatic nitrogens is 2. The molecule has 6 heteroatoms. The van der Waals surface area contributed by atoms with Crippen LogP contribution in [-0.2, 0) is 16.0 Å². The summed E-state index contributed by atoms with van der Waals surface area (Å²) in [7, 11) is 0. The summed E-state index contributed by atoms with van der Waals surface area (Å²) < 4.78 is 1.99. The highest BCUT2D eigenvalue weighted by atomic mass is 16.2. The van der Waals surface area contributed by atoms with Crippen molar-refractivity contribution in [1.82, 2.24) is 14.9 Å². The standard InChI is InChI=1S/C23H20N4O2/c28-22(14-17-6-2-1-3-7-17)24-15-23(29)26-18-10-12-19(13-11-18)27-16-25-20-8-4-5-9-21(20)27/h1-13,16H,14-15H2,(H,24,28)(H,26,29). The average Bonchev–Trinajstić information content (AvgIpc) is 3.18. The Bertz CT molecular complexity index is 1130. The van der Waals surface area contributed by atoms with Crippen LogP contribution in [-0.4, -0.2) is 27.9 Å². The van der Waals surface area contributed by atoms with E-state index in [1.54, 1.807) is 6.33 Å². The first kappa shape index (κ1) is 18.4. The van der Waals surface area contributed by atoms with Crippen LogP contribution in [0, 0.1) is 0 Å². The molecule has 1 aromatic heterocycles. The molecule has 3 aromatic carbocycles. The van der Waals surface area contributed by atoms with Gasteiger partial charge in [0, 0.05) is 11.4 Å². The maximum absolute atomic E-state index is 12.1. The largest absolute Gasteiger partial charge is 0.347 e. The number of fused-ring (bicyclic) bond motifs is 1. The fourth-order valence-electron chi connectivity index (χ4n) is 3.10. The van der Waals surface area contributed by atoms with Crippen LogP contribution in [0.3, 0.4) is 0 Å². The molecule has 2 amide bonds. The number of imidazole rings is 1. The number of benzene rings is 3. The number of hydrogen-bond acceptors (Lipinski definition) is 3. The molecule has 29 heavy (non-hydrogen) atoms. The Morgan fingerprint density at radius 2 is 1.55 bits per heavy atom. The van der Waals surface area contributed by atoms with Gasteiger partial charge in [0.1, 0.15) is 6.33 Å². The number of rotatable bonds is 6. The summed E-state index contributed by atoms with van der Waals surface area (Å²) in [6, 6.07) is 24.8. The number of nitrogens with one attached hydrogen (secondary N) is 2. The minimum absolute atomic E-state index is 0.0699. The van der Waals surface area contributed by atoms with Crippen molar-refractivity contribution in [2.24, 2.45) is 0 Å². The number of hydrogen-bond donors (Lipinski definition) is 2. The van der Waals surface area contributed by atoms with Gasteiger partial charge in [-0.2, -0.15) is 0 Å². The Labute approximate surface area is 168 Å². The Morgan fingerprint density at radius 1 is 0.828 bits per heavy atom. The van der Waals surface area contributed by atoms with Crippen molar-refractivity contribution < 1.29 is 9.59 Å². The summed E-state index contributed by atoms with van der Waals surface area (Å²) in [5, 5.41) is 5.43. The number of amides is 2. The molecule has 0 unspecified atom stereocenters. The molecule has 0 saturated carbocycles. The maximum Gasteiger partial charge on any atom is 0.243 e. The molecule has 0 radical (unpaired) electrons. The Morgan fingerprint density at radius 3 is 2.34 bits per heavy atom. The highest BCUT2D eigenvalue weighted by Gasteiger charge is 2.08. The second-order valence-corrected chi connectivity index (χ2v) is 6.64. The van der Waals surface area contributed by atoms with Gasteiger partial charge in [-0.15, -0.1) is 0 Å². The van der Waals surface area contributed by atoms with Crippen LogP contribution < -0.4 is 10.6 Å². The first-order chi connectivity index (χ1) is 14.2. The van der Waals surface area contributed by atoms with E-state index >= 15 is 0 Å². The monoisotopic (exact) mass is 384 g/mol. The quantitative estimate of drug-likeness (QED) is 0.535. The van der Waals surface area contributed by atoms with Crippen LogP contribution in [0.2, 0.25) is 0 Å². The number of carbonyl (C=O) groups excluding carboxylic acids is 2. The first-order valence-electron chi connectivity index (χ1n) is 9.32. The van der Waals surface area contributed by atoms with Gasteiger partial charge in [-0.25, -0.2) is 4.98 Å². The van der Waals surface area contributed by atoms with E-state index in [1.165, 1.54) is 0 Å². The van der Waals surface area contributed by atoms with E-state index in [1.807, 2.05) is 83.4 Å². The summed E-state index contributed by atoms with van der Waals surface area (Å²) in [6.07, 6.45) is 2.03. The normalized spacial score (nSPS) is 10.6. The molecule has 1 heterocycles. The van der Waals surface area contributed by atoms with E-state index in [4.69, 9.17) is 0 Å². The molecule has 0 bridgehead atoms. The van der Waals surface area contributed by atoms with E-state index in [-0.39, 0.29) is 24.8 Å². The van der Waals surface area contributed by atoms with Gasteiger partial charge >= 0.3 is 0 Å². The van der Waals surface area contributed by atoms with Gasteiger partial charge in [0.2, 0.25) is 11.8 Å². The average molecular weight is 384 g/mol. The lowest BCUT2D eigenvalue weighted by Crippen LogP contribution is -2.33. The molecule has 6 nitrogen and oxygen atoms in total. The Balaban J connectivity index is 1.32. The molecule has 0 spiro atoms. The van der Waals surface area contributed by atoms with Crippen LogP contribution >= 0.6 is 0 Å². The molecule has 4 aromatic rings. The van der Waals surface area contributed by atoms with Gasteiger partial charge in [-0.1, -0.05) is 42.5 Å². The minimum Gasteiger partial charge on any atom is -0.347 e. The SMILES string of the molecule is O=C(Cc1ccccc1)NCC(=O)Nc1ccc(-n2cnc3ccccc32)cc1. The summed E-state index contributed by atoms with van der Waals surface area (Å²) in [5.74, 6) is -0.457. The predicted octanol–water partition coefficient (Wildman–Crippen LogP) is 3.32. The topological polar surface area (TPSA) is 76.0 Å². The lowest BCUT2D eigenvalue weighted by molar-refractivity contribution is -0.123. The van der Waals surface area contributed by atoms with Crippen molar-refractivity contribution in [2.45, 2.75) is 6.42 Å². The van der Waals surface area contributed by atoms with Crippen molar-refractivity contribution in [3.8, 4) is 5.69 Å². The van der Waals surface area contributed by atoms with Crippen molar-refractivity contribution in [2.75, 3.05) is 11.9 Å². The van der Waals surface area contributed by atoms with Gasteiger partial charge in [0.05, 0.1) is 24.0 Å². The van der Waals surface area contributed by atoms with Crippen molar-refractivity contribution in [3.63, 3.8) is 0 Å². The number of para-hydroxylation sites is 2. The molecule has 0 atom stereocenters. The van der Waals surface area contributed by atoms with E-state index < -0.39 is 0 Å². The lowest BCUT2D eigenvalue weighted by atomic mass is 10.1. The van der Waals surface area contributed by atoms with Gasteiger partial charge in [0.15, 0.2) is 0 Å². The summed E-state index contributed by atoms with van der Waals surface area (Å²) >= 11 is 0. The molecular weight excluding hydrogens is 364 g/mol. The number of nitrogens with zero attached hydrogens (tertiary/aromatic N) is 2. The molecule has 0 fully saturated rings. The fourth-order valence-corrected chi connectivity index (χ4v) is 3.10. The maximum atomic E-state index is 12.1. The highest BCUT2D eigenvalue weighted by Crippen LogP contribution is 2.19. The summed E-state index contributed by atoms with van der Waals surface area (Å²) in [6.45, 7) is -0.0699. The van der Waals surface area contributed by atoms with Crippen LogP contribution in [0.1, 0.15) is 5.56 Å². The third-order valence-corrected chi connectivity index (χ3v) is 4.54. The van der Waals surface area contributed by atoms with Crippen molar-refractivity contribution >= 4 is 28.5 Å². The van der Waals surface area contributed by atoms with Gasteiger partial charge in [0.25, 0.3) is 0 Å². The highest BCUT2D eigenvalue weighted by molar-refractivity contribution is 5.94. The molecule has 0 saturated heterocycles. The van der Waals surface area contributed by atoms with E-state index in [9.17, 15) is 9.59 Å². The first-order valence-corrected chi connectivity index (χ1v) is 9.32. The number of anilines is 1. The molecule has 0 aliphatic heterocycles. The second kappa shape index (κ2) is 8.39. The van der Waals surface area contributed by atoms with Crippen molar-refractivity contribution in [3.05, 3.63) is 90.8 Å². The van der Waals surface area contributed by atoms with Crippen LogP contribution in [0.25, 0.3) is 16.7 Å². The van der Waals surface area contributed by atoms with Gasteiger partial charge in [-0.05, 0) is 42.0 Å². The van der Waals surface area contributed by atoms with Crippen LogP contribution in [0.15, 0.2) is 85.2 Å². The molecule has 4 rings (SSSR count). The zero-order valence-corrected chi connectivity index (χ0v) is 15.7. The number of carbonyl (C=O) groups is 2. The molecular formula is C23H20N4O2. The lowest BCUT2D eigenvalue weighted by Gasteiger charge is -2.09. The summed E-state index contributed by atoms with van der Waals surface area (Å²) in [4.78, 5) is 28.5. The van der Waals surface area contributed by atoms with Crippen LogP contribution in [0.5, 0.6) is 0 Å². The van der Waals surface area contributed by atoms with E-state index in [0.29, 0.717) is 5.69 Å². The minimum atomic E-state index is -0.271. The second-order valence-electron chi connectivity index (χ2n) is 6.64. The van der Waals surface area contributed by atoms with E-state index in [0.717, 1.165) is 22.3 Å². The Kier molecular flexibility index (Phi) is 5.33. The zero-order valence-electron chi connectivity index (χ0n) is 15.7. The third kappa shape index (κ3) is 4.50. The molecule has 0 aliphatic carbocycles. The Hall–Kier alpha value is -3.93. The third-order valence-electron chi connectivity index (χ3n) is 4.54. The molecule has 0 aliphatic rings. The van der Waals surface area contributed by atoms with E-state index in [2.05, 4.69) is 15.6 Å². The van der Waals surface area contributed by atoms with Crippen LogP contribution in [0.4, 0.5) is 5.69 Å². The molecule has 144 valence electrons. The van der Waals surface area contributed by atoms with Gasteiger partial charge in [-0.3, -0.25) is 14.2 Å². The van der Waals surface area contributed by atoms with Crippen molar-refractivity contribution in [1.29, 1.82) is 0 Å². The fraction of sp³-hybridized carbons (Fsp3) is 0.0870. The van der Waals surface area contributed by atoms with Gasteiger partial charge < -0.3 is 10.6 Å². The summed E-state index contributed by atoms with van der Waals surface area (Å²) in [5.41, 5.74) is 4.47.